The molecule has 21 heavy (non-hydrogen) atoms. The first-order chi connectivity index (χ1) is 10.3. The summed E-state index contributed by atoms with van der Waals surface area (Å²) in [5, 5.41) is 0. The first kappa shape index (κ1) is 19.0. The minimum atomic E-state index is 1.26. The molecule has 0 bridgehead atoms. The Morgan fingerprint density at radius 1 is 0.571 bits per heavy atom. The molecule has 0 unspecified atom stereocenters. The van der Waals surface area contributed by atoms with Gasteiger partial charge in [-0.3, -0.25) is 0 Å². The van der Waals surface area contributed by atoms with Gasteiger partial charge >= 0.3 is 0 Å². The summed E-state index contributed by atoms with van der Waals surface area (Å²) in [6.45, 7) is 8.73. The van der Waals surface area contributed by atoms with E-state index in [9.17, 15) is 0 Å². The highest BCUT2D eigenvalue weighted by atomic mass is 15.2. The van der Waals surface area contributed by atoms with Crippen molar-refractivity contribution in [3.8, 4) is 0 Å². The normalized spacial score (nSPS) is 17.4. The first-order valence-corrected chi connectivity index (χ1v) is 9.74. The largest absolute Gasteiger partial charge is 0.304 e. The Labute approximate surface area is 134 Å². The van der Waals surface area contributed by atoms with Crippen LogP contribution >= 0.6 is 0 Å². The van der Waals surface area contributed by atoms with Gasteiger partial charge in [-0.2, -0.15) is 0 Å². The second-order valence-corrected chi connectivity index (χ2v) is 7.03. The Balaban J connectivity index is 1.73. The Morgan fingerprint density at radius 2 is 1.00 bits per heavy atom. The minimum Gasteiger partial charge on any atom is -0.304 e. The van der Waals surface area contributed by atoms with Gasteiger partial charge < -0.3 is 9.80 Å². The van der Waals surface area contributed by atoms with Crippen molar-refractivity contribution in [1.82, 2.24) is 9.80 Å². The van der Waals surface area contributed by atoms with E-state index in [2.05, 4.69) is 23.8 Å². The topological polar surface area (TPSA) is 6.48 Å². The van der Waals surface area contributed by atoms with E-state index < -0.39 is 0 Å². The van der Waals surface area contributed by atoms with Gasteiger partial charge in [-0.15, -0.1) is 0 Å². The van der Waals surface area contributed by atoms with Gasteiger partial charge in [-0.25, -0.2) is 0 Å². The van der Waals surface area contributed by atoms with Gasteiger partial charge in [0, 0.05) is 26.2 Å². The van der Waals surface area contributed by atoms with E-state index in [0.29, 0.717) is 0 Å². The van der Waals surface area contributed by atoms with Gasteiger partial charge in [-0.05, 0) is 20.0 Å². The molecule has 0 saturated carbocycles. The molecule has 2 heteroatoms. The van der Waals surface area contributed by atoms with E-state index in [1.807, 2.05) is 0 Å². The van der Waals surface area contributed by atoms with Gasteiger partial charge in [0.25, 0.3) is 0 Å². The third-order valence-corrected chi connectivity index (χ3v) is 4.92. The molecule has 1 aliphatic heterocycles. The standard InChI is InChI=1S/C19H40N2/c1-3-4-5-6-7-8-9-10-11-12-13-14-15-21-18-16-20(2)17-19-21/h3-19H2,1-2H3. The lowest BCUT2D eigenvalue weighted by atomic mass is 10.1. The maximum Gasteiger partial charge on any atom is 0.0110 e. The summed E-state index contributed by atoms with van der Waals surface area (Å²) in [6, 6.07) is 0. The first-order valence-electron chi connectivity index (χ1n) is 9.74. The molecule has 1 rings (SSSR count). The second kappa shape index (κ2) is 13.6. The maximum absolute atomic E-state index is 2.65. The number of nitrogens with zero attached hydrogens (tertiary/aromatic N) is 2. The summed E-state index contributed by atoms with van der Waals surface area (Å²) in [4.78, 5) is 5.09. The predicted molar refractivity (Wildman–Crippen MR) is 95.0 cm³/mol. The highest BCUT2D eigenvalue weighted by Gasteiger charge is 2.12. The molecule has 0 spiro atoms. The SMILES string of the molecule is CCCCCCCCCCCCCCN1CCN(C)CC1. The molecule has 0 N–H and O–H groups in total. The summed E-state index contributed by atoms with van der Waals surface area (Å²) in [7, 11) is 2.24. The Hall–Kier alpha value is -0.0800. The molecule has 126 valence electrons. The molecule has 1 aliphatic rings. The molecule has 1 heterocycles. The molecule has 0 aromatic carbocycles. The average molecular weight is 297 g/mol. The predicted octanol–water partition coefficient (Wildman–Crippen LogP) is 4.93. The molecule has 0 aromatic heterocycles. The monoisotopic (exact) mass is 296 g/mol. The van der Waals surface area contributed by atoms with Crippen LogP contribution in [0.25, 0.3) is 0 Å². The number of piperazine rings is 1. The summed E-state index contributed by atoms with van der Waals surface area (Å²) >= 11 is 0. The lowest BCUT2D eigenvalue weighted by Gasteiger charge is -2.32. The van der Waals surface area contributed by atoms with E-state index in [0.717, 1.165) is 0 Å². The van der Waals surface area contributed by atoms with Crippen LogP contribution in [0, 0.1) is 0 Å². The number of hydrogen-bond acceptors (Lipinski definition) is 2. The van der Waals surface area contributed by atoms with E-state index in [1.165, 1.54) is 110 Å². The van der Waals surface area contributed by atoms with E-state index in [4.69, 9.17) is 0 Å². The second-order valence-electron chi connectivity index (χ2n) is 7.03. The van der Waals surface area contributed by atoms with Crippen molar-refractivity contribution in [2.45, 2.75) is 84.0 Å². The molecule has 0 radical (unpaired) electrons. The highest BCUT2D eigenvalue weighted by Crippen LogP contribution is 2.12. The zero-order valence-electron chi connectivity index (χ0n) is 14.9. The van der Waals surface area contributed by atoms with Gasteiger partial charge in [-0.1, -0.05) is 77.6 Å². The number of rotatable bonds is 13. The van der Waals surface area contributed by atoms with Crippen LogP contribution in [0.3, 0.4) is 0 Å². The van der Waals surface area contributed by atoms with Gasteiger partial charge in [0.05, 0.1) is 0 Å². The minimum absolute atomic E-state index is 1.26. The van der Waals surface area contributed by atoms with Crippen LogP contribution in [0.15, 0.2) is 0 Å². The van der Waals surface area contributed by atoms with Crippen molar-refractivity contribution in [1.29, 1.82) is 0 Å². The molecule has 0 aliphatic carbocycles. The molecule has 2 nitrogen and oxygen atoms in total. The molecular weight excluding hydrogens is 256 g/mol. The van der Waals surface area contributed by atoms with Crippen LogP contribution in [-0.4, -0.2) is 49.6 Å². The lowest BCUT2D eigenvalue weighted by Crippen LogP contribution is -2.44. The summed E-state index contributed by atoms with van der Waals surface area (Å²) in [5.41, 5.74) is 0. The summed E-state index contributed by atoms with van der Waals surface area (Å²) in [5.74, 6) is 0. The van der Waals surface area contributed by atoms with Crippen molar-refractivity contribution in [3.05, 3.63) is 0 Å². The fourth-order valence-corrected chi connectivity index (χ4v) is 3.25. The van der Waals surface area contributed by atoms with E-state index in [1.54, 1.807) is 0 Å². The van der Waals surface area contributed by atoms with Crippen LogP contribution in [0.5, 0.6) is 0 Å². The number of hydrogen-bond donors (Lipinski definition) is 0. The van der Waals surface area contributed by atoms with Crippen molar-refractivity contribution in [2.75, 3.05) is 39.8 Å². The van der Waals surface area contributed by atoms with E-state index >= 15 is 0 Å². The molecule has 0 aromatic rings. The number of likely N-dealkylation sites (N-methyl/N-ethyl adjacent to an activating group) is 1. The molecular formula is C19H40N2. The van der Waals surface area contributed by atoms with Crippen LogP contribution in [-0.2, 0) is 0 Å². The molecule has 0 amide bonds. The van der Waals surface area contributed by atoms with Crippen LogP contribution in [0.2, 0.25) is 0 Å². The fraction of sp³-hybridized carbons (Fsp3) is 1.00. The van der Waals surface area contributed by atoms with Crippen molar-refractivity contribution in [3.63, 3.8) is 0 Å². The maximum atomic E-state index is 2.65. The van der Waals surface area contributed by atoms with Crippen molar-refractivity contribution >= 4 is 0 Å². The summed E-state index contributed by atoms with van der Waals surface area (Å²) in [6.07, 6.45) is 17.4. The zero-order valence-corrected chi connectivity index (χ0v) is 14.9. The fourth-order valence-electron chi connectivity index (χ4n) is 3.25. The Bertz CT molecular complexity index is 210. The number of unbranched alkanes of at least 4 members (excludes halogenated alkanes) is 11. The highest BCUT2D eigenvalue weighted by molar-refractivity contribution is 4.68. The third-order valence-electron chi connectivity index (χ3n) is 4.92. The van der Waals surface area contributed by atoms with Crippen LogP contribution < -0.4 is 0 Å². The zero-order chi connectivity index (χ0) is 15.2. The molecule has 0 atom stereocenters. The van der Waals surface area contributed by atoms with Crippen LogP contribution in [0.1, 0.15) is 84.0 Å². The molecule has 1 fully saturated rings. The quantitative estimate of drug-likeness (QED) is 0.444. The van der Waals surface area contributed by atoms with Crippen molar-refractivity contribution < 1.29 is 0 Å². The summed E-state index contributed by atoms with van der Waals surface area (Å²) < 4.78 is 0. The molecule has 1 saturated heterocycles. The Morgan fingerprint density at radius 3 is 1.48 bits per heavy atom. The van der Waals surface area contributed by atoms with E-state index in [-0.39, 0.29) is 0 Å². The van der Waals surface area contributed by atoms with Gasteiger partial charge in [0.15, 0.2) is 0 Å². The van der Waals surface area contributed by atoms with Gasteiger partial charge in [0.1, 0.15) is 0 Å². The van der Waals surface area contributed by atoms with Crippen molar-refractivity contribution in [2.24, 2.45) is 0 Å². The average Bonchev–Trinajstić information content (AvgIpc) is 2.50. The van der Waals surface area contributed by atoms with Crippen LogP contribution in [0.4, 0.5) is 0 Å². The third kappa shape index (κ3) is 11.2. The lowest BCUT2D eigenvalue weighted by molar-refractivity contribution is 0.152. The Kier molecular flexibility index (Phi) is 12.3. The van der Waals surface area contributed by atoms with Gasteiger partial charge in [0.2, 0.25) is 0 Å². The smallest absolute Gasteiger partial charge is 0.0110 e.